The van der Waals surface area contributed by atoms with Crippen molar-refractivity contribution in [3.63, 3.8) is 0 Å². The molecule has 112 valence electrons. The van der Waals surface area contributed by atoms with Crippen LogP contribution >= 0.6 is 0 Å². The van der Waals surface area contributed by atoms with Gasteiger partial charge in [-0.2, -0.15) is 0 Å². The topological polar surface area (TPSA) is 34.1 Å². The van der Waals surface area contributed by atoms with Gasteiger partial charge in [0, 0.05) is 24.3 Å². The molecule has 0 aliphatic carbocycles. The van der Waals surface area contributed by atoms with Crippen LogP contribution in [0.4, 0.5) is 0 Å². The van der Waals surface area contributed by atoms with E-state index < -0.39 is 0 Å². The molecular formula is C18H24N2O. The minimum atomic E-state index is 0.222. The maximum absolute atomic E-state index is 5.70. The van der Waals surface area contributed by atoms with Gasteiger partial charge >= 0.3 is 0 Å². The molecule has 2 rings (SSSR count). The Labute approximate surface area is 127 Å². The zero-order chi connectivity index (χ0) is 15.1. The molecule has 1 unspecified atom stereocenters. The fourth-order valence-corrected chi connectivity index (χ4v) is 2.44. The summed E-state index contributed by atoms with van der Waals surface area (Å²) in [6, 6.07) is 12.6. The van der Waals surface area contributed by atoms with Crippen LogP contribution in [0.2, 0.25) is 0 Å². The fourth-order valence-electron chi connectivity index (χ4n) is 2.44. The van der Waals surface area contributed by atoms with Crippen molar-refractivity contribution in [3.8, 4) is 5.75 Å². The summed E-state index contributed by atoms with van der Waals surface area (Å²) in [7, 11) is 0. The first-order valence-electron chi connectivity index (χ1n) is 7.64. The van der Waals surface area contributed by atoms with Gasteiger partial charge in [-0.25, -0.2) is 0 Å². The van der Waals surface area contributed by atoms with E-state index in [1.807, 2.05) is 37.4 Å². The normalized spacial score (nSPS) is 12.1. The lowest BCUT2D eigenvalue weighted by Gasteiger charge is -2.18. The van der Waals surface area contributed by atoms with Crippen molar-refractivity contribution in [1.29, 1.82) is 0 Å². The molecular weight excluding hydrogens is 260 g/mol. The summed E-state index contributed by atoms with van der Waals surface area (Å²) in [6.45, 7) is 7.78. The zero-order valence-electron chi connectivity index (χ0n) is 13.1. The van der Waals surface area contributed by atoms with Crippen molar-refractivity contribution in [2.45, 2.75) is 39.8 Å². The predicted molar refractivity (Wildman–Crippen MR) is 86.5 cm³/mol. The lowest BCUT2D eigenvalue weighted by Crippen LogP contribution is -2.20. The summed E-state index contributed by atoms with van der Waals surface area (Å²) in [5.74, 6) is 0.955. The molecule has 1 heterocycles. The van der Waals surface area contributed by atoms with Gasteiger partial charge in [-0.3, -0.25) is 4.98 Å². The van der Waals surface area contributed by atoms with Crippen LogP contribution in [-0.4, -0.2) is 11.6 Å². The van der Waals surface area contributed by atoms with E-state index in [2.05, 4.69) is 36.3 Å². The Morgan fingerprint density at radius 2 is 1.95 bits per heavy atom. The van der Waals surface area contributed by atoms with Crippen molar-refractivity contribution in [1.82, 2.24) is 10.3 Å². The highest BCUT2D eigenvalue weighted by molar-refractivity contribution is 5.35. The first-order valence-corrected chi connectivity index (χ1v) is 7.64. The molecule has 0 spiro atoms. The second-order valence-electron chi connectivity index (χ2n) is 5.04. The molecule has 21 heavy (non-hydrogen) atoms. The first kappa shape index (κ1) is 15.5. The highest BCUT2D eigenvalue weighted by atomic mass is 16.5. The van der Waals surface area contributed by atoms with Crippen LogP contribution in [0.25, 0.3) is 0 Å². The highest BCUT2D eigenvalue weighted by Crippen LogP contribution is 2.25. The molecule has 1 aromatic carbocycles. The van der Waals surface area contributed by atoms with E-state index in [1.165, 1.54) is 11.1 Å². The summed E-state index contributed by atoms with van der Waals surface area (Å²) in [5.41, 5.74) is 3.62. The molecule has 3 nitrogen and oxygen atoms in total. The number of aromatic nitrogens is 1. The lowest BCUT2D eigenvalue weighted by molar-refractivity contribution is 0.332. The van der Waals surface area contributed by atoms with Gasteiger partial charge < -0.3 is 10.1 Å². The van der Waals surface area contributed by atoms with Crippen molar-refractivity contribution in [3.05, 3.63) is 59.4 Å². The third-order valence-electron chi connectivity index (χ3n) is 3.63. The van der Waals surface area contributed by atoms with E-state index in [1.54, 1.807) is 0 Å². The van der Waals surface area contributed by atoms with Crippen molar-refractivity contribution < 1.29 is 4.74 Å². The Balaban J connectivity index is 2.06. The number of ether oxygens (including phenoxy) is 1. The van der Waals surface area contributed by atoms with Gasteiger partial charge in [0.1, 0.15) is 5.75 Å². The van der Waals surface area contributed by atoms with Crippen molar-refractivity contribution in [2.75, 3.05) is 6.61 Å². The number of rotatable bonds is 7. The summed E-state index contributed by atoms with van der Waals surface area (Å²) < 4.78 is 5.70. The standard InChI is InChI=1S/C18H24N2O/c1-4-15-9-8-12-19-17(15)13-20-14(3)16-10-6-7-11-18(16)21-5-2/h6-12,14,20H,4-5,13H2,1-3H3. The average molecular weight is 284 g/mol. The molecule has 0 fully saturated rings. The summed E-state index contributed by atoms with van der Waals surface area (Å²) in [6.07, 6.45) is 2.86. The van der Waals surface area contributed by atoms with E-state index in [0.717, 1.165) is 24.4 Å². The van der Waals surface area contributed by atoms with E-state index in [-0.39, 0.29) is 6.04 Å². The minimum Gasteiger partial charge on any atom is -0.494 e. The van der Waals surface area contributed by atoms with Gasteiger partial charge in [-0.05, 0) is 38.0 Å². The Morgan fingerprint density at radius 3 is 2.71 bits per heavy atom. The molecule has 3 heteroatoms. The average Bonchev–Trinajstić information content (AvgIpc) is 2.53. The molecule has 1 N–H and O–H groups in total. The lowest BCUT2D eigenvalue weighted by atomic mass is 10.1. The molecule has 0 bridgehead atoms. The van der Waals surface area contributed by atoms with E-state index in [4.69, 9.17) is 4.74 Å². The summed E-state index contributed by atoms with van der Waals surface area (Å²) >= 11 is 0. The maximum Gasteiger partial charge on any atom is 0.124 e. The van der Waals surface area contributed by atoms with Crippen LogP contribution in [0.5, 0.6) is 5.75 Å². The van der Waals surface area contributed by atoms with E-state index in [9.17, 15) is 0 Å². The number of nitrogens with zero attached hydrogens (tertiary/aromatic N) is 1. The number of aryl methyl sites for hydroxylation is 1. The SMILES string of the molecule is CCOc1ccccc1C(C)NCc1ncccc1CC. The van der Waals surface area contributed by atoms with Gasteiger partial charge in [0.25, 0.3) is 0 Å². The van der Waals surface area contributed by atoms with Gasteiger partial charge in [0.05, 0.1) is 12.3 Å². The molecule has 1 atom stereocenters. The largest absolute Gasteiger partial charge is 0.494 e. The molecule has 2 aromatic rings. The number of nitrogens with one attached hydrogen (secondary N) is 1. The van der Waals surface area contributed by atoms with E-state index >= 15 is 0 Å². The smallest absolute Gasteiger partial charge is 0.124 e. The Morgan fingerprint density at radius 1 is 1.14 bits per heavy atom. The number of para-hydroxylation sites is 1. The predicted octanol–water partition coefficient (Wildman–Crippen LogP) is 3.89. The van der Waals surface area contributed by atoms with Crippen LogP contribution in [0, 0.1) is 0 Å². The first-order chi connectivity index (χ1) is 10.3. The van der Waals surface area contributed by atoms with Crippen molar-refractivity contribution >= 4 is 0 Å². The van der Waals surface area contributed by atoms with Crippen LogP contribution < -0.4 is 10.1 Å². The van der Waals surface area contributed by atoms with Gasteiger partial charge in [-0.15, -0.1) is 0 Å². The second kappa shape index (κ2) is 7.79. The maximum atomic E-state index is 5.70. The number of benzene rings is 1. The monoisotopic (exact) mass is 284 g/mol. The number of pyridine rings is 1. The molecule has 0 amide bonds. The van der Waals surface area contributed by atoms with Crippen LogP contribution in [-0.2, 0) is 13.0 Å². The van der Waals surface area contributed by atoms with Crippen LogP contribution in [0.1, 0.15) is 43.6 Å². The number of hydrogen-bond donors (Lipinski definition) is 1. The molecule has 0 aliphatic heterocycles. The quantitative estimate of drug-likeness (QED) is 0.837. The summed E-state index contributed by atoms with van der Waals surface area (Å²) in [4.78, 5) is 4.48. The summed E-state index contributed by atoms with van der Waals surface area (Å²) in [5, 5.41) is 3.55. The van der Waals surface area contributed by atoms with Crippen LogP contribution in [0.15, 0.2) is 42.6 Å². The second-order valence-corrected chi connectivity index (χ2v) is 5.04. The minimum absolute atomic E-state index is 0.222. The molecule has 0 aliphatic rings. The Bertz CT molecular complexity index is 569. The molecule has 0 saturated heterocycles. The third kappa shape index (κ3) is 4.05. The zero-order valence-corrected chi connectivity index (χ0v) is 13.1. The number of hydrogen-bond acceptors (Lipinski definition) is 3. The van der Waals surface area contributed by atoms with Gasteiger partial charge in [-0.1, -0.05) is 31.2 Å². The van der Waals surface area contributed by atoms with Crippen molar-refractivity contribution in [2.24, 2.45) is 0 Å². The molecule has 1 aromatic heterocycles. The van der Waals surface area contributed by atoms with Gasteiger partial charge in [0.15, 0.2) is 0 Å². The highest BCUT2D eigenvalue weighted by Gasteiger charge is 2.11. The van der Waals surface area contributed by atoms with E-state index in [0.29, 0.717) is 6.61 Å². The molecule has 0 radical (unpaired) electrons. The fraction of sp³-hybridized carbons (Fsp3) is 0.389. The van der Waals surface area contributed by atoms with Crippen LogP contribution in [0.3, 0.4) is 0 Å². The van der Waals surface area contributed by atoms with Gasteiger partial charge in [0.2, 0.25) is 0 Å². The molecule has 0 saturated carbocycles. The third-order valence-corrected chi connectivity index (χ3v) is 3.63. The Kier molecular flexibility index (Phi) is 5.76. The Hall–Kier alpha value is -1.87.